The van der Waals surface area contributed by atoms with Crippen molar-refractivity contribution in [3.05, 3.63) is 71.3 Å². The lowest BCUT2D eigenvalue weighted by Gasteiger charge is -2.41. The van der Waals surface area contributed by atoms with Crippen LogP contribution in [-0.2, 0) is 14.2 Å². The Kier molecular flexibility index (Phi) is 4.14. The van der Waals surface area contributed by atoms with Crippen LogP contribution < -0.4 is 0 Å². The number of Topliss-reactive ketones (excluding diaryl/α,β-unsaturated/α-hetero) is 2. The van der Waals surface area contributed by atoms with Crippen molar-refractivity contribution in [3.8, 4) is 0 Å². The van der Waals surface area contributed by atoms with Crippen LogP contribution in [0.1, 0.15) is 66.5 Å². The summed E-state index contributed by atoms with van der Waals surface area (Å²) in [5.41, 5.74) is -0.612. The highest BCUT2D eigenvalue weighted by Crippen LogP contribution is 2.56. The molecule has 2 aliphatic heterocycles. The first-order valence-electron chi connectivity index (χ1n) is 10.4. The molecule has 2 aromatic rings. The van der Waals surface area contributed by atoms with Gasteiger partial charge in [-0.05, 0) is 17.9 Å². The Hall–Kier alpha value is -2.34. The Bertz CT molecular complexity index is 986. The molecular weight excluding hydrogens is 380 g/mol. The molecule has 5 heteroatoms. The van der Waals surface area contributed by atoms with Gasteiger partial charge < -0.3 is 14.2 Å². The summed E-state index contributed by atoms with van der Waals surface area (Å²) < 4.78 is 18.8. The molecule has 0 amide bonds. The van der Waals surface area contributed by atoms with Gasteiger partial charge in [0, 0.05) is 17.5 Å². The maximum Gasteiger partial charge on any atom is 0.203 e. The quantitative estimate of drug-likeness (QED) is 0.554. The predicted octanol–water partition coefficient (Wildman–Crippen LogP) is 4.51. The normalized spacial score (nSPS) is 30.1. The molecule has 0 aromatic heterocycles. The fourth-order valence-corrected chi connectivity index (χ4v) is 4.74. The summed E-state index contributed by atoms with van der Waals surface area (Å²) in [7, 11) is 0. The molecule has 1 spiro atoms. The van der Waals surface area contributed by atoms with Gasteiger partial charge in [-0.2, -0.15) is 0 Å². The standard InChI is InChI=1S/C25H26O5/c1-23(2,3)21(15-10-6-5-7-11-15)28-22-24(4)18(29-24)14-25(30-22)19(26)16-12-8-9-13-17(16)20(25)27/h5-13,18,21-22H,14H2,1-4H3/t18-,21-,22-,24-/m0/s1. The lowest BCUT2D eigenvalue weighted by atomic mass is 9.83. The monoisotopic (exact) mass is 406 g/mol. The average Bonchev–Trinajstić information content (AvgIpc) is 3.36. The van der Waals surface area contributed by atoms with Crippen LogP contribution in [0.3, 0.4) is 0 Å². The van der Waals surface area contributed by atoms with Crippen molar-refractivity contribution >= 4 is 11.6 Å². The van der Waals surface area contributed by atoms with E-state index >= 15 is 0 Å². The highest BCUT2D eigenvalue weighted by atomic mass is 16.8. The van der Waals surface area contributed by atoms with E-state index in [-0.39, 0.29) is 35.6 Å². The van der Waals surface area contributed by atoms with Crippen molar-refractivity contribution in [2.45, 2.75) is 63.8 Å². The van der Waals surface area contributed by atoms with E-state index in [1.807, 2.05) is 37.3 Å². The Balaban J connectivity index is 1.51. The third-order valence-electron chi connectivity index (χ3n) is 6.53. The third-order valence-corrected chi connectivity index (χ3v) is 6.53. The van der Waals surface area contributed by atoms with Gasteiger partial charge in [0.2, 0.25) is 11.6 Å². The summed E-state index contributed by atoms with van der Waals surface area (Å²) in [5.74, 6) is -0.581. The number of fused-ring (bicyclic) bond motifs is 2. The molecule has 30 heavy (non-hydrogen) atoms. The minimum atomic E-state index is -1.56. The molecule has 0 N–H and O–H groups in total. The van der Waals surface area contributed by atoms with Gasteiger partial charge in [0.25, 0.3) is 0 Å². The fraction of sp³-hybridized carbons (Fsp3) is 0.440. The van der Waals surface area contributed by atoms with Crippen LogP contribution in [0.15, 0.2) is 54.6 Å². The highest BCUT2D eigenvalue weighted by molar-refractivity contribution is 6.32. The topological polar surface area (TPSA) is 65.1 Å². The van der Waals surface area contributed by atoms with Crippen LogP contribution in [0.5, 0.6) is 0 Å². The van der Waals surface area contributed by atoms with Gasteiger partial charge in [-0.3, -0.25) is 9.59 Å². The number of rotatable bonds is 3. The molecule has 0 unspecified atom stereocenters. The van der Waals surface area contributed by atoms with Crippen LogP contribution in [0.25, 0.3) is 0 Å². The number of epoxide rings is 1. The zero-order chi connectivity index (χ0) is 21.3. The van der Waals surface area contributed by atoms with Crippen LogP contribution in [-0.4, -0.2) is 35.2 Å². The van der Waals surface area contributed by atoms with Gasteiger partial charge in [0.15, 0.2) is 11.9 Å². The fourth-order valence-electron chi connectivity index (χ4n) is 4.74. The SMILES string of the molecule is CC(C)(C)[C@@H](O[C@H]1OC2(C[C@@H]3O[C@]13C)C(=O)c1ccccc1C2=O)c1ccccc1. The lowest BCUT2D eigenvalue weighted by molar-refractivity contribution is -0.251. The first kappa shape index (κ1) is 19.6. The maximum absolute atomic E-state index is 13.3. The van der Waals surface area contributed by atoms with Gasteiger partial charge in [-0.1, -0.05) is 75.4 Å². The number of hydrogen-bond donors (Lipinski definition) is 0. The molecule has 5 rings (SSSR count). The van der Waals surface area contributed by atoms with Gasteiger partial charge in [0.1, 0.15) is 5.60 Å². The molecule has 0 saturated carbocycles. The van der Waals surface area contributed by atoms with Gasteiger partial charge in [-0.15, -0.1) is 0 Å². The van der Waals surface area contributed by atoms with Gasteiger partial charge >= 0.3 is 0 Å². The number of carbonyl (C=O) groups is 2. The summed E-state index contributed by atoms with van der Waals surface area (Å²) in [5, 5.41) is 0. The van der Waals surface area contributed by atoms with Crippen LogP contribution in [0.4, 0.5) is 0 Å². The molecule has 2 fully saturated rings. The molecule has 5 nitrogen and oxygen atoms in total. The Labute approximate surface area is 176 Å². The second kappa shape index (κ2) is 6.33. The number of ketones is 2. The smallest absolute Gasteiger partial charge is 0.203 e. The van der Waals surface area contributed by atoms with E-state index in [4.69, 9.17) is 14.2 Å². The molecule has 0 radical (unpaired) electrons. The number of carbonyl (C=O) groups excluding carboxylic acids is 2. The Morgan fingerprint density at radius 3 is 2.07 bits per heavy atom. The van der Waals surface area contributed by atoms with Gasteiger partial charge in [-0.25, -0.2) is 0 Å². The summed E-state index contributed by atoms with van der Waals surface area (Å²) in [6.45, 7) is 8.21. The predicted molar refractivity (Wildman–Crippen MR) is 110 cm³/mol. The van der Waals surface area contributed by atoms with Crippen molar-refractivity contribution in [3.63, 3.8) is 0 Å². The molecule has 2 saturated heterocycles. The summed E-state index contributed by atoms with van der Waals surface area (Å²) in [6, 6.07) is 16.8. The zero-order valence-electron chi connectivity index (χ0n) is 17.7. The van der Waals surface area contributed by atoms with Crippen molar-refractivity contribution in [1.29, 1.82) is 0 Å². The van der Waals surface area contributed by atoms with E-state index in [2.05, 4.69) is 20.8 Å². The maximum atomic E-state index is 13.3. The van der Waals surface area contributed by atoms with Crippen molar-refractivity contribution in [2.24, 2.45) is 5.41 Å². The largest absolute Gasteiger partial charge is 0.361 e. The minimum absolute atomic E-state index is 0.223. The van der Waals surface area contributed by atoms with Crippen LogP contribution >= 0.6 is 0 Å². The molecular formula is C25H26O5. The Morgan fingerprint density at radius 1 is 0.933 bits per heavy atom. The van der Waals surface area contributed by atoms with Crippen molar-refractivity contribution < 1.29 is 23.8 Å². The number of benzene rings is 2. The number of hydrogen-bond acceptors (Lipinski definition) is 5. The Morgan fingerprint density at radius 2 is 1.50 bits per heavy atom. The first-order valence-corrected chi connectivity index (χ1v) is 10.4. The van der Waals surface area contributed by atoms with Crippen molar-refractivity contribution in [2.75, 3.05) is 0 Å². The third kappa shape index (κ3) is 2.73. The van der Waals surface area contributed by atoms with Crippen molar-refractivity contribution in [1.82, 2.24) is 0 Å². The molecule has 3 aliphatic rings. The van der Waals surface area contributed by atoms with E-state index in [1.54, 1.807) is 24.3 Å². The van der Waals surface area contributed by atoms with E-state index in [9.17, 15) is 9.59 Å². The lowest BCUT2D eigenvalue weighted by Crippen LogP contribution is -2.56. The van der Waals surface area contributed by atoms with E-state index < -0.39 is 17.5 Å². The minimum Gasteiger partial charge on any atom is -0.361 e. The van der Waals surface area contributed by atoms with E-state index in [1.165, 1.54) is 0 Å². The summed E-state index contributed by atoms with van der Waals surface area (Å²) in [6.07, 6.45) is -1.16. The first-order chi connectivity index (χ1) is 14.2. The van der Waals surface area contributed by atoms with E-state index in [0.717, 1.165) is 5.56 Å². The van der Waals surface area contributed by atoms with Gasteiger partial charge in [0.05, 0.1) is 12.2 Å². The second-order valence-corrected chi connectivity index (χ2v) is 9.77. The van der Waals surface area contributed by atoms with E-state index in [0.29, 0.717) is 11.1 Å². The molecule has 0 bridgehead atoms. The second-order valence-electron chi connectivity index (χ2n) is 9.77. The molecule has 156 valence electrons. The zero-order valence-corrected chi connectivity index (χ0v) is 17.7. The molecule has 1 aliphatic carbocycles. The summed E-state index contributed by atoms with van der Waals surface area (Å²) in [4.78, 5) is 26.6. The molecule has 2 heterocycles. The number of ether oxygens (including phenoxy) is 3. The summed E-state index contributed by atoms with van der Waals surface area (Å²) >= 11 is 0. The van der Waals surface area contributed by atoms with Crippen LogP contribution in [0, 0.1) is 5.41 Å². The molecule has 2 aromatic carbocycles. The average molecular weight is 406 g/mol. The highest BCUT2D eigenvalue weighted by Gasteiger charge is 2.72. The molecule has 4 atom stereocenters. The van der Waals surface area contributed by atoms with Crippen LogP contribution in [0.2, 0.25) is 0 Å².